The highest BCUT2D eigenvalue weighted by Gasteiger charge is 2.24. The molecule has 0 fully saturated rings. The molecule has 1 aromatic carbocycles. The lowest BCUT2D eigenvalue weighted by Gasteiger charge is -2.25. The van der Waals surface area contributed by atoms with Gasteiger partial charge in [-0.3, -0.25) is 0 Å². The molecule has 0 bridgehead atoms. The zero-order valence-corrected chi connectivity index (χ0v) is 15.0. The molecule has 0 aliphatic rings. The van der Waals surface area contributed by atoms with Crippen molar-refractivity contribution in [3.05, 3.63) is 28.3 Å². The van der Waals surface area contributed by atoms with E-state index in [0.29, 0.717) is 23.6 Å². The second-order valence-corrected chi connectivity index (χ2v) is 6.64. The third-order valence-electron chi connectivity index (χ3n) is 3.66. The molecule has 0 heterocycles. The number of aliphatic hydroxyl groups excluding tert-OH is 1. The monoisotopic (exact) mass is 328 g/mol. The molecule has 0 spiro atoms. The van der Waals surface area contributed by atoms with Gasteiger partial charge in [0.25, 0.3) is 0 Å². The van der Waals surface area contributed by atoms with Crippen LogP contribution in [0.15, 0.2) is 12.1 Å². The molecule has 2 unspecified atom stereocenters. The molecule has 4 nitrogen and oxygen atoms in total. The molecule has 0 amide bonds. The van der Waals surface area contributed by atoms with Crippen molar-refractivity contribution < 1.29 is 9.84 Å². The standard InChI is InChI=1S/C17H29ClN2O2/c1-6-22-17-13(11(2)3)9-12(18)10-14(17)16(21)15(19)7-8-20(4)5/h9-11,15-16,21H,6-8,19H2,1-5H3. The summed E-state index contributed by atoms with van der Waals surface area (Å²) in [5.41, 5.74) is 7.85. The van der Waals surface area contributed by atoms with Gasteiger partial charge in [0, 0.05) is 16.6 Å². The van der Waals surface area contributed by atoms with E-state index in [4.69, 9.17) is 22.1 Å². The number of rotatable bonds is 8. The molecule has 0 saturated heterocycles. The van der Waals surface area contributed by atoms with Crippen LogP contribution < -0.4 is 10.5 Å². The van der Waals surface area contributed by atoms with Gasteiger partial charge in [0.05, 0.1) is 12.7 Å². The van der Waals surface area contributed by atoms with E-state index in [1.807, 2.05) is 32.0 Å². The minimum absolute atomic E-state index is 0.254. The quantitative estimate of drug-likeness (QED) is 0.769. The molecule has 3 N–H and O–H groups in total. The first kappa shape index (κ1) is 19.2. The molecular formula is C17H29ClN2O2. The zero-order valence-electron chi connectivity index (χ0n) is 14.3. The Morgan fingerprint density at radius 3 is 2.36 bits per heavy atom. The number of hydrogen-bond donors (Lipinski definition) is 2. The van der Waals surface area contributed by atoms with Crippen LogP contribution in [-0.4, -0.2) is 43.3 Å². The van der Waals surface area contributed by atoms with Crippen LogP contribution in [0.3, 0.4) is 0 Å². The molecule has 5 heteroatoms. The number of halogens is 1. The number of nitrogens with two attached hydrogens (primary N) is 1. The van der Waals surface area contributed by atoms with Crippen LogP contribution in [0.5, 0.6) is 5.75 Å². The molecule has 0 saturated carbocycles. The van der Waals surface area contributed by atoms with Crippen LogP contribution in [0.4, 0.5) is 0 Å². The van der Waals surface area contributed by atoms with E-state index in [2.05, 4.69) is 13.8 Å². The fourth-order valence-electron chi connectivity index (χ4n) is 2.39. The first-order chi connectivity index (χ1) is 10.3. The normalized spacial score (nSPS) is 14.5. The molecular weight excluding hydrogens is 300 g/mol. The van der Waals surface area contributed by atoms with Gasteiger partial charge in [-0.15, -0.1) is 0 Å². The number of hydrogen-bond acceptors (Lipinski definition) is 4. The molecule has 126 valence electrons. The average molecular weight is 329 g/mol. The maximum Gasteiger partial charge on any atom is 0.128 e. The number of aliphatic hydroxyl groups is 1. The lowest BCUT2D eigenvalue weighted by Crippen LogP contribution is -2.32. The van der Waals surface area contributed by atoms with Crippen LogP contribution in [0.25, 0.3) is 0 Å². The fourth-order valence-corrected chi connectivity index (χ4v) is 2.63. The van der Waals surface area contributed by atoms with Gasteiger partial charge in [0.1, 0.15) is 5.75 Å². The molecule has 0 radical (unpaired) electrons. The Labute approximate surface area is 139 Å². The lowest BCUT2D eigenvalue weighted by molar-refractivity contribution is 0.133. The Bertz CT molecular complexity index is 478. The van der Waals surface area contributed by atoms with Gasteiger partial charge in [-0.2, -0.15) is 0 Å². The largest absolute Gasteiger partial charge is 0.493 e. The van der Waals surface area contributed by atoms with Gasteiger partial charge in [0.2, 0.25) is 0 Å². The topological polar surface area (TPSA) is 58.7 Å². The minimum Gasteiger partial charge on any atom is -0.493 e. The van der Waals surface area contributed by atoms with Crippen molar-refractivity contribution in [1.29, 1.82) is 0 Å². The summed E-state index contributed by atoms with van der Waals surface area (Å²) in [5.74, 6) is 0.971. The second-order valence-electron chi connectivity index (χ2n) is 6.20. The van der Waals surface area contributed by atoms with E-state index < -0.39 is 6.10 Å². The summed E-state index contributed by atoms with van der Waals surface area (Å²) in [6, 6.07) is 3.30. The van der Waals surface area contributed by atoms with Crippen molar-refractivity contribution in [2.45, 2.75) is 45.3 Å². The maximum atomic E-state index is 10.7. The van der Waals surface area contributed by atoms with Crippen molar-refractivity contribution >= 4 is 11.6 Å². The summed E-state index contributed by atoms with van der Waals surface area (Å²) < 4.78 is 5.80. The Hall–Kier alpha value is -0.810. The van der Waals surface area contributed by atoms with E-state index in [0.717, 1.165) is 17.9 Å². The number of benzene rings is 1. The lowest BCUT2D eigenvalue weighted by atomic mass is 9.93. The summed E-state index contributed by atoms with van der Waals surface area (Å²) >= 11 is 6.23. The van der Waals surface area contributed by atoms with Crippen LogP contribution in [-0.2, 0) is 0 Å². The summed E-state index contributed by atoms with van der Waals surface area (Å²) in [6.07, 6.45) is -0.0961. The molecule has 2 atom stereocenters. The number of nitrogens with zero attached hydrogens (tertiary/aromatic N) is 1. The first-order valence-electron chi connectivity index (χ1n) is 7.82. The smallest absolute Gasteiger partial charge is 0.128 e. The summed E-state index contributed by atoms with van der Waals surface area (Å²) in [7, 11) is 3.97. The van der Waals surface area contributed by atoms with E-state index in [1.54, 1.807) is 6.07 Å². The molecule has 0 aliphatic carbocycles. The van der Waals surface area contributed by atoms with Crippen LogP contribution in [0, 0.1) is 0 Å². The highest BCUT2D eigenvalue weighted by atomic mass is 35.5. The molecule has 22 heavy (non-hydrogen) atoms. The summed E-state index contributed by atoms with van der Waals surface area (Å²) in [4.78, 5) is 2.05. The van der Waals surface area contributed by atoms with Gasteiger partial charge in [-0.25, -0.2) is 0 Å². The van der Waals surface area contributed by atoms with E-state index in [1.165, 1.54) is 0 Å². The van der Waals surface area contributed by atoms with Gasteiger partial charge < -0.3 is 20.5 Å². The van der Waals surface area contributed by atoms with Gasteiger partial charge >= 0.3 is 0 Å². The van der Waals surface area contributed by atoms with E-state index >= 15 is 0 Å². The molecule has 1 rings (SSSR count). The molecule has 0 aliphatic heterocycles. The third-order valence-corrected chi connectivity index (χ3v) is 3.87. The Kier molecular flexibility index (Phi) is 7.63. The Morgan fingerprint density at radius 1 is 1.27 bits per heavy atom. The van der Waals surface area contributed by atoms with Gasteiger partial charge in [-0.05, 0) is 57.6 Å². The van der Waals surface area contributed by atoms with Crippen molar-refractivity contribution in [1.82, 2.24) is 4.90 Å². The highest BCUT2D eigenvalue weighted by Crippen LogP contribution is 2.37. The second kappa shape index (κ2) is 8.73. The SMILES string of the molecule is CCOc1c(C(C)C)cc(Cl)cc1C(O)C(N)CCN(C)C. The maximum absolute atomic E-state index is 10.7. The highest BCUT2D eigenvalue weighted by molar-refractivity contribution is 6.30. The third kappa shape index (κ3) is 5.13. The van der Waals surface area contributed by atoms with Crippen LogP contribution >= 0.6 is 11.6 Å². The fraction of sp³-hybridized carbons (Fsp3) is 0.647. The Morgan fingerprint density at radius 2 is 1.86 bits per heavy atom. The summed E-state index contributed by atoms with van der Waals surface area (Å²) in [5, 5.41) is 11.3. The van der Waals surface area contributed by atoms with Crippen LogP contribution in [0.1, 0.15) is 50.3 Å². The zero-order chi connectivity index (χ0) is 16.9. The molecule has 1 aromatic rings. The van der Waals surface area contributed by atoms with Crippen molar-refractivity contribution in [3.63, 3.8) is 0 Å². The van der Waals surface area contributed by atoms with Gasteiger partial charge in [0.15, 0.2) is 0 Å². The number of ether oxygens (including phenoxy) is 1. The Balaban J connectivity index is 3.14. The summed E-state index contributed by atoms with van der Waals surface area (Å²) in [6.45, 7) is 7.45. The first-order valence-corrected chi connectivity index (χ1v) is 8.20. The van der Waals surface area contributed by atoms with E-state index in [-0.39, 0.29) is 12.0 Å². The van der Waals surface area contributed by atoms with Crippen LogP contribution in [0.2, 0.25) is 5.02 Å². The van der Waals surface area contributed by atoms with E-state index in [9.17, 15) is 5.11 Å². The van der Waals surface area contributed by atoms with Crippen molar-refractivity contribution in [2.75, 3.05) is 27.2 Å². The predicted octanol–water partition coefficient (Wildman–Crippen LogP) is 3.17. The average Bonchev–Trinajstić information content (AvgIpc) is 2.45. The predicted molar refractivity (Wildman–Crippen MR) is 92.8 cm³/mol. The van der Waals surface area contributed by atoms with Crippen molar-refractivity contribution in [3.8, 4) is 5.75 Å². The van der Waals surface area contributed by atoms with Gasteiger partial charge in [-0.1, -0.05) is 25.4 Å². The minimum atomic E-state index is -0.794. The van der Waals surface area contributed by atoms with Crippen molar-refractivity contribution in [2.24, 2.45) is 5.73 Å². The molecule has 0 aromatic heterocycles.